The van der Waals surface area contributed by atoms with Crippen LogP contribution >= 0.6 is 0 Å². The molecule has 5 heteroatoms. The van der Waals surface area contributed by atoms with Crippen LogP contribution < -0.4 is 0 Å². The van der Waals surface area contributed by atoms with Gasteiger partial charge in [0, 0.05) is 43.6 Å². The molecule has 0 bridgehead atoms. The normalized spacial score (nSPS) is 12.1. The Bertz CT molecular complexity index is 3520. The summed E-state index contributed by atoms with van der Waals surface area (Å²) in [4.78, 5) is 15.8. The van der Waals surface area contributed by atoms with Gasteiger partial charge in [-0.2, -0.15) is 0 Å². The molecule has 9 aromatic carbocycles. The van der Waals surface area contributed by atoms with Crippen molar-refractivity contribution >= 4 is 87.0 Å². The van der Waals surface area contributed by atoms with Crippen molar-refractivity contribution in [2.75, 3.05) is 0 Å². The molecule has 0 amide bonds. The van der Waals surface area contributed by atoms with Crippen molar-refractivity contribution in [1.29, 1.82) is 0 Å². The Hall–Kier alpha value is -7.37. The average molecular weight is 690 g/mol. The van der Waals surface area contributed by atoms with Crippen molar-refractivity contribution in [3.05, 3.63) is 164 Å². The molecule has 0 atom stereocenters. The molecule has 0 unspecified atom stereocenters. The van der Waals surface area contributed by atoms with Crippen LogP contribution in [0, 0.1) is 0 Å². The van der Waals surface area contributed by atoms with Crippen molar-refractivity contribution in [2.24, 2.45) is 0 Å². The molecular weight excluding hydrogens is 663 g/mol. The van der Waals surface area contributed by atoms with Crippen LogP contribution in [0.5, 0.6) is 0 Å². The highest BCUT2D eigenvalue weighted by molar-refractivity contribution is 6.21. The monoisotopic (exact) mass is 689 g/mol. The molecule has 54 heavy (non-hydrogen) atoms. The lowest BCUT2D eigenvalue weighted by atomic mass is 9.95. The van der Waals surface area contributed by atoms with Gasteiger partial charge in [0.2, 0.25) is 0 Å². The van der Waals surface area contributed by atoms with Crippen LogP contribution in [0.1, 0.15) is 0 Å². The molecule has 0 saturated carbocycles. The Morgan fingerprint density at radius 1 is 0.315 bits per heavy atom. The highest BCUT2D eigenvalue weighted by atomic mass is 16.3. The second kappa shape index (κ2) is 11.1. The summed E-state index contributed by atoms with van der Waals surface area (Å²) < 4.78 is 12.9. The molecule has 12 aromatic rings. The van der Waals surface area contributed by atoms with Crippen molar-refractivity contribution in [3.8, 4) is 34.2 Å². The zero-order valence-corrected chi connectivity index (χ0v) is 28.7. The maximum atomic E-state index is 6.58. The topological polar surface area (TPSA) is 65.0 Å². The Balaban J connectivity index is 1.14. The smallest absolute Gasteiger partial charge is 0.164 e. The molecule has 0 radical (unpaired) electrons. The summed E-state index contributed by atoms with van der Waals surface area (Å²) in [5, 5.41) is 13.5. The number of aromatic nitrogens is 3. The summed E-state index contributed by atoms with van der Waals surface area (Å²) in [5.74, 6) is 1.74. The van der Waals surface area contributed by atoms with Gasteiger partial charge in [-0.3, -0.25) is 0 Å². The zero-order chi connectivity index (χ0) is 35.3. The predicted molar refractivity (Wildman–Crippen MR) is 221 cm³/mol. The summed E-state index contributed by atoms with van der Waals surface area (Å²) in [6, 6.07) is 56.9. The molecular formula is C49H27N3O2. The highest BCUT2D eigenvalue weighted by Crippen LogP contribution is 2.41. The van der Waals surface area contributed by atoms with Crippen LogP contribution in [0.3, 0.4) is 0 Å². The first-order valence-corrected chi connectivity index (χ1v) is 18.1. The van der Waals surface area contributed by atoms with E-state index in [1.54, 1.807) is 0 Å². The van der Waals surface area contributed by atoms with Crippen LogP contribution in [0.25, 0.3) is 121 Å². The molecule has 3 aromatic heterocycles. The molecule has 250 valence electrons. The molecule has 3 heterocycles. The van der Waals surface area contributed by atoms with Crippen molar-refractivity contribution in [2.45, 2.75) is 0 Å². The summed E-state index contributed by atoms with van der Waals surface area (Å²) in [5.41, 5.74) is 5.93. The van der Waals surface area contributed by atoms with Crippen LogP contribution in [0.15, 0.2) is 173 Å². The van der Waals surface area contributed by atoms with E-state index in [4.69, 9.17) is 23.8 Å². The van der Waals surface area contributed by atoms with Gasteiger partial charge in [0.1, 0.15) is 22.3 Å². The first kappa shape index (κ1) is 29.2. The van der Waals surface area contributed by atoms with Gasteiger partial charge in [-0.05, 0) is 68.0 Å². The summed E-state index contributed by atoms with van der Waals surface area (Å²) in [7, 11) is 0. The number of rotatable bonds is 3. The summed E-state index contributed by atoms with van der Waals surface area (Å²) >= 11 is 0. The first-order valence-electron chi connectivity index (χ1n) is 18.1. The largest absolute Gasteiger partial charge is 0.456 e. The fourth-order valence-corrected chi connectivity index (χ4v) is 8.42. The zero-order valence-electron chi connectivity index (χ0n) is 28.7. The third-order valence-corrected chi connectivity index (χ3v) is 10.9. The van der Waals surface area contributed by atoms with Gasteiger partial charge in [0.05, 0.1) is 0 Å². The minimum Gasteiger partial charge on any atom is -0.456 e. The molecule has 5 nitrogen and oxygen atoms in total. The van der Waals surface area contributed by atoms with E-state index in [0.717, 1.165) is 76.7 Å². The lowest BCUT2D eigenvalue weighted by molar-refractivity contribution is 0.669. The number of nitrogens with zero attached hydrogens (tertiary/aromatic N) is 3. The fourth-order valence-electron chi connectivity index (χ4n) is 8.42. The van der Waals surface area contributed by atoms with Gasteiger partial charge in [-0.15, -0.1) is 0 Å². The second-order valence-corrected chi connectivity index (χ2v) is 13.9. The van der Waals surface area contributed by atoms with Crippen molar-refractivity contribution in [3.63, 3.8) is 0 Å². The van der Waals surface area contributed by atoms with Gasteiger partial charge >= 0.3 is 0 Å². The number of hydrogen-bond donors (Lipinski definition) is 0. The SMILES string of the molecule is c1ccc2c(c1)ccc1c2oc2cccc(-c3nc(-c4ccc5c(ccc6ccc7ccccc7c65)c4)nc(-c4cccc5oc6ccccc6c45)n3)c21. The Morgan fingerprint density at radius 3 is 1.65 bits per heavy atom. The Labute approximate surface area is 307 Å². The van der Waals surface area contributed by atoms with E-state index < -0.39 is 0 Å². The number of para-hydroxylation sites is 1. The van der Waals surface area contributed by atoms with Crippen LogP contribution in [-0.4, -0.2) is 15.0 Å². The van der Waals surface area contributed by atoms with Gasteiger partial charge in [-0.1, -0.05) is 133 Å². The van der Waals surface area contributed by atoms with Crippen LogP contribution in [0.4, 0.5) is 0 Å². The minimum absolute atomic E-state index is 0.575. The average Bonchev–Trinajstić information content (AvgIpc) is 3.82. The van der Waals surface area contributed by atoms with E-state index in [9.17, 15) is 0 Å². The number of hydrogen-bond acceptors (Lipinski definition) is 5. The van der Waals surface area contributed by atoms with Crippen LogP contribution in [-0.2, 0) is 0 Å². The van der Waals surface area contributed by atoms with Crippen LogP contribution in [0.2, 0.25) is 0 Å². The van der Waals surface area contributed by atoms with E-state index in [0.29, 0.717) is 17.5 Å². The Morgan fingerprint density at radius 2 is 0.852 bits per heavy atom. The van der Waals surface area contributed by atoms with Gasteiger partial charge < -0.3 is 8.83 Å². The molecule has 0 aliphatic rings. The van der Waals surface area contributed by atoms with Gasteiger partial charge in [0.25, 0.3) is 0 Å². The lowest BCUT2D eigenvalue weighted by Gasteiger charge is -2.12. The summed E-state index contributed by atoms with van der Waals surface area (Å²) in [6.07, 6.45) is 0. The molecule has 0 spiro atoms. The molecule has 0 N–H and O–H groups in total. The van der Waals surface area contributed by atoms with E-state index >= 15 is 0 Å². The van der Waals surface area contributed by atoms with E-state index in [1.165, 1.54) is 26.9 Å². The quantitative estimate of drug-likeness (QED) is 0.173. The third kappa shape index (κ3) is 4.24. The Kier molecular flexibility index (Phi) is 5.99. The highest BCUT2D eigenvalue weighted by Gasteiger charge is 2.21. The van der Waals surface area contributed by atoms with E-state index in [-0.39, 0.29) is 0 Å². The van der Waals surface area contributed by atoms with Crippen molar-refractivity contribution < 1.29 is 8.83 Å². The predicted octanol–water partition coefficient (Wildman–Crippen LogP) is 13.3. The number of fused-ring (bicyclic) bond motifs is 13. The second-order valence-electron chi connectivity index (χ2n) is 13.9. The first-order chi connectivity index (χ1) is 26.7. The number of benzene rings is 9. The standard InChI is InChI=1S/C49H27N3O2/c1-3-11-33-28(9-1)19-20-30-21-22-31-27-32(24-25-34(31)43(30)33)47-50-48(38-14-7-17-41-44(38)36-13-5-6-16-40(36)53-41)52-49(51-47)39-15-8-18-42-45(39)37-26-23-29-10-2-4-12-35(29)46(37)54-42/h1-27H. The van der Waals surface area contributed by atoms with E-state index in [2.05, 4.69) is 121 Å². The molecule has 12 rings (SSSR count). The molecule has 0 fully saturated rings. The lowest BCUT2D eigenvalue weighted by Crippen LogP contribution is -2.01. The minimum atomic E-state index is 0.575. The summed E-state index contributed by atoms with van der Waals surface area (Å²) in [6.45, 7) is 0. The maximum absolute atomic E-state index is 6.58. The van der Waals surface area contributed by atoms with E-state index in [1.807, 2.05) is 42.5 Å². The molecule has 0 aliphatic carbocycles. The number of furan rings is 2. The molecule has 0 saturated heterocycles. The fraction of sp³-hybridized carbons (Fsp3) is 0. The van der Waals surface area contributed by atoms with Gasteiger partial charge in [0.15, 0.2) is 17.5 Å². The maximum Gasteiger partial charge on any atom is 0.164 e. The van der Waals surface area contributed by atoms with Gasteiger partial charge in [-0.25, -0.2) is 15.0 Å². The van der Waals surface area contributed by atoms with Crippen molar-refractivity contribution in [1.82, 2.24) is 15.0 Å². The molecule has 0 aliphatic heterocycles. The third-order valence-electron chi connectivity index (χ3n) is 10.9.